The molecular formula is C8H10F3N3O. The summed E-state index contributed by atoms with van der Waals surface area (Å²) >= 11 is 0. The van der Waals surface area contributed by atoms with E-state index in [0.29, 0.717) is 0 Å². The van der Waals surface area contributed by atoms with Gasteiger partial charge in [0.25, 0.3) is 5.56 Å². The van der Waals surface area contributed by atoms with E-state index in [2.05, 4.69) is 5.10 Å². The van der Waals surface area contributed by atoms with Crippen LogP contribution in [0.4, 0.5) is 13.2 Å². The Hall–Kier alpha value is -1.53. The maximum Gasteiger partial charge on any atom is 0.422 e. The second-order valence-corrected chi connectivity index (χ2v) is 3.38. The summed E-state index contributed by atoms with van der Waals surface area (Å²) in [6.07, 6.45) is -3.74. The summed E-state index contributed by atoms with van der Waals surface area (Å²) in [4.78, 5) is 11.4. The van der Waals surface area contributed by atoms with Crippen LogP contribution in [0, 0.1) is 0 Å². The Morgan fingerprint density at radius 1 is 1.47 bits per heavy atom. The highest BCUT2D eigenvalue weighted by Crippen LogP contribution is 2.31. The van der Waals surface area contributed by atoms with Crippen molar-refractivity contribution in [1.82, 2.24) is 9.89 Å². The molecule has 4 nitrogen and oxygen atoms in total. The Morgan fingerprint density at radius 3 is 2.40 bits per heavy atom. The lowest BCUT2D eigenvalue weighted by Gasteiger charge is -2.14. The first kappa shape index (κ1) is 11.5. The van der Waals surface area contributed by atoms with Gasteiger partial charge in [0.15, 0.2) is 0 Å². The number of alkyl halides is 3. The highest BCUT2D eigenvalue weighted by molar-refractivity contribution is 5.27. The summed E-state index contributed by atoms with van der Waals surface area (Å²) < 4.78 is 37.7. The molecular weight excluding hydrogens is 211 g/mol. The van der Waals surface area contributed by atoms with Gasteiger partial charge in [0, 0.05) is 0 Å². The van der Waals surface area contributed by atoms with E-state index in [-0.39, 0.29) is 10.4 Å². The van der Waals surface area contributed by atoms with Gasteiger partial charge in [0.1, 0.15) is 5.56 Å². The summed E-state index contributed by atoms with van der Waals surface area (Å²) in [5.74, 6) is 4.54. The van der Waals surface area contributed by atoms with Gasteiger partial charge in [0.05, 0.1) is 6.20 Å². The first-order valence-electron chi connectivity index (χ1n) is 4.19. The van der Waals surface area contributed by atoms with Crippen molar-refractivity contribution in [1.29, 1.82) is 0 Å². The molecule has 1 aromatic rings. The highest BCUT2D eigenvalue weighted by Gasteiger charge is 2.38. The second kappa shape index (κ2) is 3.56. The van der Waals surface area contributed by atoms with Crippen molar-refractivity contribution >= 4 is 0 Å². The number of nitrogens with zero attached hydrogens (tertiary/aromatic N) is 2. The van der Waals surface area contributed by atoms with Crippen LogP contribution in [0.1, 0.15) is 30.9 Å². The number of hydrogen-bond acceptors (Lipinski definition) is 3. The molecule has 0 aliphatic carbocycles. The van der Waals surface area contributed by atoms with Crippen molar-refractivity contribution in [2.75, 3.05) is 5.84 Å². The monoisotopic (exact) mass is 221 g/mol. The molecule has 0 unspecified atom stereocenters. The number of rotatable bonds is 1. The van der Waals surface area contributed by atoms with E-state index in [1.807, 2.05) is 0 Å². The minimum atomic E-state index is -4.71. The zero-order valence-corrected chi connectivity index (χ0v) is 8.17. The van der Waals surface area contributed by atoms with Gasteiger partial charge in [-0.2, -0.15) is 18.3 Å². The van der Waals surface area contributed by atoms with Gasteiger partial charge in [-0.3, -0.25) is 4.79 Å². The SMILES string of the molecule is CC(C)c1cnn(N)c(=O)c1C(F)(F)F. The van der Waals surface area contributed by atoms with Crippen LogP contribution in [0.25, 0.3) is 0 Å². The van der Waals surface area contributed by atoms with E-state index in [1.165, 1.54) is 0 Å². The number of halogens is 3. The average Bonchev–Trinajstić information content (AvgIpc) is 2.06. The maximum absolute atomic E-state index is 12.6. The Labute approximate surface area is 83.5 Å². The van der Waals surface area contributed by atoms with Crippen LogP contribution in [-0.4, -0.2) is 9.89 Å². The van der Waals surface area contributed by atoms with Crippen LogP contribution in [0.3, 0.4) is 0 Å². The van der Waals surface area contributed by atoms with Crippen LogP contribution >= 0.6 is 0 Å². The van der Waals surface area contributed by atoms with E-state index in [9.17, 15) is 18.0 Å². The average molecular weight is 221 g/mol. The molecule has 7 heteroatoms. The summed E-state index contributed by atoms with van der Waals surface area (Å²) in [6, 6.07) is 0. The fourth-order valence-electron chi connectivity index (χ4n) is 1.20. The topological polar surface area (TPSA) is 60.9 Å². The molecule has 84 valence electrons. The molecule has 2 N–H and O–H groups in total. The molecule has 0 bridgehead atoms. The molecule has 15 heavy (non-hydrogen) atoms. The van der Waals surface area contributed by atoms with Crippen molar-refractivity contribution in [3.05, 3.63) is 27.7 Å². The molecule has 0 fully saturated rings. The third kappa shape index (κ3) is 2.11. The van der Waals surface area contributed by atoms with Gasteiger partial charge in [0.2, 0.25) is 0 Å². The van der Waals surface area contributed by atoms with Crippen molar-refractivity contribution in [3.8, 4) is 0 Å². The van der Waals surface area contributed by atoms with Gasteiger partial charge < -0.3 is 5.84 Å². The fourth-order valence-corrected chi connectivity index (χ4v) is 1.20. The highest BCUT2D eigenvalue weighted by atomic mass is 19.4. The number of aromatic nitrogens is 2. The molecule has 0 radical (unpaired) electrons. The first-order valence-corrected chi connectivity index (χ1v) is 4.19. The predicted molar refractivity (Wildman–Crippen MR) is 47.7 cm³/mol. The molecule has 0 spiro atoms. The summed E-state index contributed by atoms with van der Waals surface area (Å²) in [5.41, 5.74) is -2.71. The molecule has 1 heterocycles. The van der Waals surface area contributed by atoms with Gasteiger partial charge >= 0.3 is 6.18 Å². The molecule has 0 saturated heterocycles. The normalized spacial score (nSPS) is 12.1. The van der Waals surface area contributed by atoms with Crippen LogP contribution < -0.4 is 11.4 Å². The molecule has 0 saturated carbocycles. The fraction of sp³-hybridized carbons (Fsp3) is 0.500. The number of nitrogen functional groups attached to an aromatic ring is 1. The Morgan fingerprint density at radius 2 is 2.00 bits per heavy atom. The molecule has 0 aliphatic heterocycles. The van der Waals surface area contributed by atoms with Gasteiger partial charge in [-0.15, -0.1) is 4.79 Å². The van der Waals surface area contributed by atoms with Crippen molar-refractivity contribution < 1.29 is 13.2 Å². The van der Waals surface area contributed by atoms with Gasteiger partial charge in [-0.1, -0.05) is 13.8 Å². The Kier molecular flexibility index (Phi) is 2.74. The zero-order valence-electron chi connectivity index (χ0n) is 8.17. The van der Waals surface area contributed by atoms with Crippen molar-refractivity contribution in [3.63, 3.8) is 0 Å². The first-order chi connectivity index (χ1) is 6.75. The maximum atomic E-state index is 12.6. The van der Waals surface area contributed by atoms with E-state index in [1.54, 1.807) is 13.8 Å². The van der Waals surface area contributed by atoms with E-state index in [4.69, 9.17) is 5.84 Å². The lowest BCUT2D eigenvalue weighted by atomic mass is 10.0. The Bertz CT molecular complexity index is 422. The van der Waals surface area contributed by atoms with E-state index >= 15 is 0 Å². The molecule has 0 amide bonds. The van der Waals surface area contributed by atoms with E-state index in [0.717, 1.165) is 6.20 Å². The zero-order chi connectivity index (χ0) is 11.8. The minimum absolute atomic E-state index is 0.144. The van der Waals surface area contributed by atoms with Crippen LogP contribution in [0.5, 0.6) is 0 Å². The third-order valence-electron chi connectivity index (χ3n) is 1.94. The molecule has 0 aromatic carbocycles. The minimum Gasteiger partial charge on any atom is -0.320 e. The van der Waals surface area contributed by atoms with E-state index < -0.39 is 23.2 Å². The molecule has 1 aromatic heterocycles. The largest absolute Gasteiger partial charge is 0.422 e. The standard InChI is InChI=1S/C8H10F3N3O/c1-4(2)5-3-13-14(12)7(15)6(5)8(9,10)11/h3-4H,12H2,1-2H3. The predicted octanol–water partition coefficient (Wildman–Crippen LogP) is 1.10. The third-order valence-corrected chi connectivity index (χ3v) is 1.94. The van der Waals surface area contributed by atoms with Gasteiger partial charge in [-0.25, -0.2) is 0 Å². The van der Waals surface area contributed by atoms with Crippen molar-refractivity contribution in [2.24, 2.45) is 0 Å². The van der Waals surface area contributed by atoms with Crippen LogP contribution in [-0.2, 0) is 6.18 Å². The molecule has 0 aliphatic rings. The number of hydrogen-bond donors (Lipinski definition) is 1. The Balaban J connectivity index is 3.57. The smallest absolute Gasteiger partial charge is 0.320 e. The summed E-state index contributed by atoms with van der Waals surface area (Å²) in [5, 5.41) is 3.36. The van der Waals surface area contributed by atoms with Crippen LogP contribution in [0.2, 0.25) is 0 Å². The second-order valence-electron chi connectivity index (χ2n) is 3.38. The lowest BCUT2D eigenvalue weighted by Crippen LogP contribution is -2.36. The van der Waals surface area contributed by atoms with Crippen molar-refractivity contribution in [2.45, 2.75) is 25.9 Å². The van der Waals surface area contributed by atoms with Gasteiger partial charge in [-0.05, 0) is 11.5 Å². The molecule has 1 rings (SSSR count). The summed E-state index contributed by atoms with van der Waals surface area (Å²) in [6.45, 7) is 3.10. The molecule has 0 atom stereocenters. The summed E-state index contributed by atoms with van der Waals surface area (Å²) in [7, 11) is 0. The quantitative estimate of drug-likeness (QED) is 0.722. The lowest BCUT2D eigenvalue weighted by molar-refractivity contribution is -0.139. The van der Waals surface area contributed by atoms with Crippen LogP contribution in [0.15, 0.2) is 11.0 Å². The number of nitrogens with two attached hydrogens (primary N) is 1.